The number of urea groups is 1. The number of allylic oxidation sites excluding steroid dienone is 1. The van der Waals surface area contributed by atoms with Crippen molar-refractivity contribution in [3.63, 3.8) is 0 Å². The maximum absolute atomic E-state index is 13.2. The first-order valence-electron chi connectivity index (χ1n) is 10.2. The number of hydrogen-bond acceptors (Lipinski definition) is 5. The molecule has 0 radical (unpaired) electrons. The van der Waals surface area contributed by atoms with Gasteiger partial charge in [0.1, 0.15) is 11.5 Å². The molecule has 172 valence electrons. The van der Waals surface area contributed by atoms with Gasteiger partial charge in [-0.25, -0.2) is 4.79 Å². The zero-order valence-electron chi connectivity index (χ0n) is 17.9. The summed E-state index contributed by atoms with van der Waals surface area (Å²) in [6.45, 7) is 1.63. The highest BCUT2D eigenvalue weighted by Gasteiger charge is 2.31. The van der Waals surface area contributed by atoms with Crippen molar-refractivity contribution in [1.82, 2.24) is 10.6 Å². The van der Waals surface area contributed by atoms with Crippen molar-refractivity contribution in [3.8, 4) is 11.5 Å². The highest BCUT2D eigenvalue weighted by atomic mass is 35.5. The number of hydrogen-bond donors (Lipinski definition) is 3. The minimum absolute atomic E-state index is 0.0876. The van der Waals surface area contributed by atoms with E-state index in [0.717, 1.165) is 0 Å². The highest BCUT2D eigenvalue weighted by Crippen LogP contribution is 2.31. The number of carbonyl (C=O) groups is 2. The Morgan fingerprint density at radius 1 is 1.06 bits per heavy atom. The van der Waals surface area contributed by atoms with E-state index in [1.165, 1.54) is 24.3 Å². The molecule has 9 nitrogen and oxygen atoms in total. The van der Waals surface area contributed by atoms with Gasteiger partial charge in [-0.1, -0.05) is 23.7 Å². The lowest BCUT2D eigenvalue weighted by molar-refractivity contribution is -0.384. The predicted octanol–water partition coefficient (Wildman–Crippen LogP) is 5.31. The molecule has 0 aliphatic carbocycles. The van der Waals surface area contributed by atoms with Crippen LogP contribution >= 0.6 is 11.6 Å². The van der Waals surface area contributed by atoms with Gasteiger partial charge in [0, 0.05) is 28.5 Å². The van der Waals surface area contributed by atoms with Crippen molar-refractivity contribution in [2.24, 2.45) is 0 Å². The molecule has 0 bridgehead atoms. The largest absolute Gasteiger partial charge is 0.457 e. The summed E-state index contributed by atoms with van der Waals surface area (Å²) in [5.74, 6) is 0.631. The Bertz CT molecular complexity index is 1290. The number of nitro groups is 1. The zero-order chi connectivity index (χ0) is 24.2. The summed E-state index contributed by atoms with van der Waals surface area (Å²) in [5, 5.41) is 19.6. The Labute approximate surface area is 199 Å². The quantitative estimate of drug-likeness (QED) is 0.327. The number of benzene rings is 3. The van der Waals surface area contributed by atoms with Crippen LogP contribution in [0.5, 0.6) is 11.5 Å². The molecule has 0 spiro atoms. The lowest BCUT2D eigenvalue weighted by atomic mass is 9.94. The van der Waals surface area contributed by atoms with E-state index in [-0.39, 0.29) is 5.69 Å². The molecule has 34 heavy (non-hydrogen) atoms. The summed E-state index contributed by atoms with van der Waals surface area (Å²) < 4.78 is 5.88. The molecule has 3 amide bonds. The van der Waals surface area contributed by atoms with Gasteiger partial charge < -0.3 is 20.7 Å². The van der Waals surface area contributed by atoms with Gasteiger partial charge in [-0.05, 0) is 61.0 Å². The first kappa shape index (κ1) is 22.8. The molecule has 0 aromatic heterocycles. The van der Waals surface area contributed by atoms with Crippen LogP contribution in [0.1, 0.15) is 18.5 Å². The van der Waals surface area contributed by atoms with Crippen molar-refractivity contribution in [1.29, 1.82) is 0 Å². The van der Waals surface area contributed by atoms with Crippen molar-refractivity contribution < 1.29 is 19.2 Å². The van der Waals surface area contributed by atoms with Crippen LogP contribution in [0.2, 0.25) is 5.02 Å². The van der Waals surface area contributed by atoms with Gasteiger partial charge in [0.15, 0.2) is 0 Å². The predicted molar refractivity (Wildman–Crippen MR) is 127 cm³/mol. The maximum Gasteiger partial charge on any atom is 0.319 e. The van der Waals surface area contributed by atoms with Crippen LogP contribution in [0.25, 0.3) is 0 Å². The number of rotatable bonds is 6. The second-order valence-electron chi connectivity index (χ2n) is 7.46. The normalized spacial score (nSPS) is 15.2. The van der Waals surface area contributed by atoms with E-state index < -0.39 is 22.9 Å². The van der Waals surface area contributed by atoms with E-state index >= 15 is 0 Å². The van der Waals surface area contributed by atoms with Gasteiger partial charge in [0.05, 0.1) is 16.5 Å². The molecular weight excluding hydrogens is 460 g/mol. The lowest BCUT2D eigenvalue weighted by Crippen LogP contribution is -2.45. The molecule has 3 N–H and O–H groups in total. The summed E-state index contributed by atoms with van der Waals surface area (Å²) in [5.41, 5.74) is 1.61. The molecule has 1 aliphatic rings. The molecule has 1 atom stereocenters. The number of amides is 3. The van der Waals surface area contributed by atoms with E-state index in [1.54, 1.807) is 55.5 Å². The van der Waals surface area contributed by atoms with Crippen molar-refractivity contribution in [2.45, 2.75) is 13.0 Å². The summed E-state index contributed by atoms with van der Waals surface area (Å²) in [4.78, 5) is 35.7. The van der Waals surface area contributed by atoms with E-state index in [9.17, 15) is 19.7 Å². The number of halogens is 1. The second kappa shape index (κ2) is 9.63. The minimum Gasteiger partial charge on any atom is -0.457 e. The third-order valence-corrected chi connectivity index (χ3v) is 5.34. The van der Waals surface area contributed by atoms with Gasteiger partial charge >= 0.3 is 6.03 Å². The van der Waals surface area contributed by atoms with Crippen LogP contribution in [-0.4, -0.2) is 16.9 Å². The van der Waals surface area contributed by atoms with Crippen LogP contribution in [0, 0.1) is 10.1 Å². The average molecular weight is 479 g/mol. The Hall–Kier alpha value is -4.37. The zero-order valence-corrected chi connectivity index (χ0v) is 18.6. The standard InChI is InChI=1S/C24H19ClN4O5/c1-14-21(23(30)27-17-7-9-18(10-8-17)29(32)33)22(28-24(31)26-14)15-3-2-4-20(13-15)34-19-11-5-16(25)6-12-19/h2-13,22H,1H3,(H,27,30)(H2,26,28,31)/t22-/m1/s1. The molecule has 0 unspecified atom stereocenters. The molecule has 1 heterocycles. The first-order chi connectivity index (χ1) is 16.3. The van der Waals surface area contributed by atoms with E-state index in [1.807, 2.05) is 0 Å². The Kier molecular flexibility index (Phi) is 6.46. The highest BCUT2D eigenvalue weighted by molar-refractivity contribution is 6.30. The van der Waals surface area contributed by atoms with Gasteiger partial charge in [0.25, 0.3) is 11.6 Å². The first-order valence-corrected chi connectivity index (χ1v) is 10.6. The van der Waals surface area contributed by atoms with Crippen LogP contribution in [0.4, 0.5) is 16.2 Å². The fraction of sp³-hybridized carbons (Fsp3) is 0.0833. The average Bonchev–Trinajstić information content (AvgIpc) is 2.80. The number of non-ortho nitro benzene ring substituents is 1. The van der Waals surface area contributed by atoms with Crippen molar-refractivity contribution in [2.75, 3.05) is 5.32 Å². The van der Waals surface area contributed by atoms with Crippen LogP contribution in [0.15, 0.2) is 84.1 Å². The fourth-order valence-electron chi connectivity index (χ4n) is 3.51. The number of ether oxygens (including phenoxy) is 1. The van der Waals surface area contributed by atoms with Crippen LogP contribution < -0.4 is 20.7 Å². The van der Waals surface area contributed by atoms with Crippen LogP contribution in [0.3, 0.4) is 0 Å². The number of carbonyl (C=O) groups excluding carboxylic acids is 2. The molecule has 3 aromatic rings. The molecular formula is C24H19ClN4O5. The van der Waals surface area contributed by atoms with Gasteiger partial charge in [-0.3, -0.25) is 14.9 Å². The van der Waals surface area contributed by atoms with E-state index in [4.69, 9.17) is 16.3 Å². The molecule has 0 fully saturated rings. The van der Waals surface area contributed by atoms with E-state index in [0.29, 0.717) is 39.0 Å². The molecule has 10 heteroatoms. The summed E-state index contributed by atoms with van der Waals surface area (Å²) in [6.07, 6.45) is 0. The van der Waals surface area contributed by atoms with Crippen LogP contribution in [-0.2, 0) is 4.79 Å². The van der Waals surface area contributed by atoms with Crippen molar-refractivity contribution in [3.05, 3.63) is 105 Å². The van der Waals surface area contributed by atoms with Gasteiger partial charge in [-0.15, -0.1) is 0 Å². The fourth-order valence-corrected chi connectivity index (χ4v) is 3.63. The number of nitrogens with zero attached hydrogens (tertiary/aromatic N) is 1. The maximum atomic E-state index is 13.2. The Balaban J connectivity index is 1.60. The molecule has 0 saturated carbocycles. The smallest absolute Gasteiger partial charge is 0.319 e. The molecule has 4 rings (SSSR count). The lowest BCUT2D eigenvalue weighted by Gasteiger charge is -2.29. The van der Waals surface area contributed by atoms with Crippen molar-refractivity contribution >= 4 is 34.9 Å². The summed E-state index contributed by atoms with van der Waals surface area (Å²) in [6, 6.07) is 18.2. The number of anilines is 1. The third-order valence-electron chi connectivity index (χ3n) is 5.09. The summed E-state index contributed by atoms with van der Waals surface area (Å²) in [7, 11) is 0. The Morgan fingerprint density at radius 2 is 1.76 bits per heavy atom. The monoisotopic (exact) mass is 478 g/mol. The molecule has 0 saturated heterocycles. The van der Waals surface area contributed by atoms with Gasteiger partial charge in [0.2, 0.25) is 0 Å². The second-order valence-corrected chi connectivity index (χ2v) is 7.89. The third kappa shape index (κ3) is 5.16. The number of nitrogens with one attached hydrogen (secondary N) is 3. The summed E-state index contributed by atoms with van der Waals surface area (Å²) >= 11 is 5.92. The van der Waals surface area contributed by atoms with Gasteiger partial charge in [-0.2, -0.15) is 0 Å². The molecule has 3 aromatic carbocycles. The number of nitro benzene ring substituents is 1. The minimum atomic E-state index is -0.749. The van der Waals surface area contributed by atoms with E-state index in [2.05, 4.69) is 16.0 Å². The SMILES string of the molecule is CC1=C(C(=O)Nc2ccc([N+](=O)[O-])cc2)[C@@H](c2cccc(Oc3ccc(Cl)cc3)c2)NC(=O)N1. The molecule has 1 aliphatic heterocycles. The Morgan fingerprint density at radius 3 is 2.44 bits per heavy atom. The topological polar surface area (TPSA) is 123 Å².